The average Bonchev–Trinajstić information content (AvgIpc) is 2.81. The third kappa shape index (κ3) is 4.16. The van der Waals surface area contributed by atoms with E-state index in [1.807, 2.05) is 31.2 Å². The van der Waals surface area contributed by atoms with Crippen molar-refractivity contribution in [3.05, 3.63) is 81.4 Å². The van der Waals surface area contributed by atoms with Crippen LogP contribution in [0.15, 0.2) is 61.2 Å². The molecule has 0 spiro atoms. The predicted octanol–water partition coefficient (Wildman–Crippen LogP) is 5.19. The van der Waals surface area contributed by atoms with Gasteiger partial charge in [-0.05, 0) is 41.0 Å². The Balaban J connectivity index is 3.45. The Hall–Kier alpha value is -1.64. The monoisotopic (exact) mass is 358 g/mol. The SMILES string of the molecule is C=C/C=c1/sc(C(=C)C(=C)/C=C\C(=C)Br)c(C=C)/c1=C/C. The van der Waals surface area contributed by atoms with Crippen LogP contribution in [-0.4, -0.2) is 0 Å². The molecule has 0 nitrogen and oxygen atoms in total. The van der Waals surface area contributed by atoms with Crippen molar-refractivity contribution in [2.24, 2.45) is 0 Å². The molecule has 0 bridgehead atoms. The topological polar surface area (TPSA) is 0 Å². The lowest BCUT2D eigenvalue weighted by Crippen LogP contribution is -2.19. The molecule has 0 aliphatic rings. The Morgan fingerprint density at radius 2 is 1.81 bits per heavy atom. The summed E-state index contributed by atoms with van der Waals surface area (Å²) in [5.41, 5.74) is 2.84. The van der Waals surface area contributed by atoms with Crippen LogP contribution in [-0.2, 0) is 0 Å². The van der Waals surface area contributed by atoms with Crippen LogP contribution in [0.25, 0.3) is 23.8 Å². The Morgan fingerprint density at radius 3 is 2.29 bits per heavy atom. The maximum Gasteiger partial charge on any atom is 0.0427 e. The zero-order chi connectivity index (χ0) is 16.0. The third-order valence-electron chi connectivity index (χ3n) is 2.90. The molecule has 1 aromatic rings. The summed E-state index contributed by atoms with van der Waals surface area (Å²) in [6, 6.07) is 0. The van der Waals surface area contributed by atoms with Gasteiger partial charge in [0.25, 0.3) is 0 Å². The molecule has 108 valence electrons. The van der Waals surface area contributed by atoms with Crippen LogP contribution in [0.4, 0.5) is 0 Å². The molecule has 1 rings (SSSR count). The molecule has 2 heteroatoms. The van der Waals surface area contributed by atoms with E-state index in [1.54, 1.807) is 17.4 Å². The summed E-state index contributed by atoms with van der Waals surface area (Å²) in [5.74, 6) is 0. The van der Waals surface area contributed by atoms with Crippen molar-refractivity contribution in [2.75, 3.05) is 0 Å². The first-order chi connectivity index (χ1) is 9.96. The van der Waals surface area contributed by atoms with Crippen molar-refractivity contribution >= 4 is 51.1 Å². The Labute approximate surface area is 139 Å². The number of hydrogen-bond acceptors (Lipinski definition) is 1. The van der Waals surface area contributed by atoms with E-state index in [0.717, 1.165) is 35.8 Å². The standard InChI is InChI=1S/C19H19BrS/c1-7-10-18-16(8-2)17(9-3)19(21-18)15(6)13(4)11-12-14(5)20/h7-12H,1,3-6H2,2H3/b12-11-,16-8-,18-10+. The van der Waals surface area contributed by atoms with E-state index >= 15 is 0 Å². The normalized spacial score (nSPS) is 12.7. The van der Waals surface area contributed by atoms with Crippen molar-refractivity contribution in [1.29, 1.82) is 0 Å². The van der Waals surface area contributed by atoms with Gasteiger partial charge in [0.1, 0.15) is 0 Å². The summed E-state index contributed by atoms with van der Waals surface area (Å²) in [5, 5.41) is 1.16. The van der Waals surface area contributed by atoms with Crippen LogP contribution in [0.5, 0.6) is 0 Å². The Morgan fingerprint density at radius 1 is 1.14 bits per heavy atom. The van der Waals surface area contributed by atoms with Crippen LogP contribution in [0, 0.1) is 0 Å². The Bertz CT molecular complexity index is 754. The van der Waals surface area contributed by atoms with E-state index in [-0.39, 0.29) is 0 Å². The van der Waals surface area contributed by atoms with Crippen molar-refractivity contribution in [3.63, 3.8) is 0 Å². The fourth-order valence-corrected chi connectivity index (χ4v) is 3.28. The second-order valence-corrected chi connectivity index (χ2v) is 6.37. The molecule has 0 fully saturated rings. The van der Waals surface area contributed by atoms with Crippen LogP contribution in [0.3, 0.4) is 0 Å². The first kappa shape index (κ1) is 17.4. The quantitative estimate of drug-likeness (QED) is 0.613. The smallest absolute Gasteiger partial charge is 0.0427 e. The van der Waals surface area contributed by atoms with Crippen LogP contribution in [0.2, 0.25) is 0 Å². The van der Waals surface area contributed by atoms with Gasteiger partial charge in [0.2, 0.25) is 0 Å². The van der Waals surface area contributed by atoms with E-state index in [2.05, 4.69) is 54.9 Å². The van der Waals surface area contributed by atoms with Crippen LogP contribution in [0.1, 0.15) is 17.4 Å². The van der Waals surface area contributed by atoms with Gasteiger partial charge in [0.15, 0.2) is 0 Å². The fraction of sp³-hybridized carbons (Fsp3) is 0.0526. The molecule has 0 amide bonds. The van der Waals surface area contributed by atoms with Crippen LogP contribution < -0.4 is 9.75 Å². The molecule has 0 aliphatic carbocycles. The summed E-state index contributed by atoms with van der Waals surface area (Å²) in [6.45, 7) is 21.7. The van der Waals surface area contributed by atoms with E-state index in [0.29, 0.717) is 0 Å². The van der Waals surface area contributed by atoms with Gasteiger partial charge in [0.05, 0.1) is 0 Å². The minimum Gasteiger partial charge on any atom is -0.135 e. The zero-order valence-electron chi connectivity index (χ0n) is 12.3. The molecule has 0 aromatic carbocycles. The van der Waals surface area contributed by atoms with Gasteiger partial charge < -0.3 is 0 Å². The van der Waals surface area contributed by atoms with Gasteiger partial charge in [0, 0.05) is 13.9 Å². The Kier molecular flexibility index (Phi) is 6.60. The van der Waals surface area contributed by atoms with Crippen molar-refractivity contribution < 1.29 is 0 Å². The number of allylic oxidation sites excluding steroid dienone is 6. The second kappa shape index (κ2) is 7.96. The first-order valence-electron chi connectivity index (χ1n) is 6.41. The number of thiophene rings is 1. The molecule has 0 aliphatic heterocycles. The molecule has 0 radical (unpaired) electrons. The molecule has 1 aromatic heterocycles. The summed E-state index contributed by atoms with van der Waals surface area (Å²) in [4.78, 5) is 1.08. The molecule has 0 saturated heterocycles. The van der Waals surface area contributed by atoms with Gasteiger partial charge in [-0.1, -0.05) is 73.1 Å². The molecular weight excluding hydrogens is 340 g/mol. The van der Waals surface area contributed by atoms with Crippen molar-refractivity contribution in [3.8, 4) is 0 Å². The largest absolute Gasteiger partial charge is 0.135 e. The van der Waals surface area contributed by atoms with Gasteiger partial charge in [-0.25, -0.2) is 0 Å². The zero-order valence-corrected chi connectivity index (χ0v) is 14.7. The summed E-state index contributed by atoms with van der Waals surface area (Å²) in [6.07, 6.45) is 11.5. The van der Waals surface area contributed by atoms with E-state index in [1.165, 1.54) is 0 Å². The lowest BCUT2D eigenvalue weighted by Gasteiger charge is -2.04. The average molecular weight is 359 g/mol. The van der Waals surface area contributed by atoms with Gasteiger partial charge >= 0.3 is 0 Å². The van der Waals surface area contributed by atoms with Crippen LogP contribution >= 0.6 is 27.3 Å². The molecule has 0 unspecified atom stereocenters. The summed E-state index contributed by atoms with van der Waals surface area (Å²) < 4.78 is 1.95. The van der Waals surface area contributed by atoms with E-state index in [4.69, 9.17) is 0 Å². The van der Waals surface area contributed by atoms with Gasteiger partial charge in [-0.3, -0.25) is 0 Å². The minimum atomic E-state index is 0.801. The lowest BCUT2D eigenvalue weighted by atomic mass is 10.0. The molecule has 0 saturated carbocycles. The van der Waals surface area contributed by atoms with E-state index in [9.17, 15) is 0 Å². The lowest BCUT2D eigenvalue weighted by molar-refractivity contribution is 1.60. The van der Waals surface area contributed by atoms with Crippen molar-refractivity contribution in [2.45, 2.75) is 6.92 Å². The number of rotatable bonds is 6. The van der Waals surface area contributed by atoms with Gasteiger partial charge in [-0.15, -0.1) is 11.3 Å². The highest BCUT2D eigenvalue weighted by atomic mass is 79.9. The second-order valence-electron chi connectivity index (χ2n) is 4.30. The number of halogens is 1. The molecule has 21 heavy (non-hydrogen) atoms. The highest BCUT2D eigenvalue weighted by Crippen LogP contribution is 2.26. The highest BCUT2D eigenvalue weighted by Gasteiger charge is 2.10. The highest BCUT2D eigenvalue weighted by molar-refractivity contribution is 9.11. The van der Waals surface area contributed by atoms with Crippen molar-refractivity contribution in [1.82, 2.24) is 0 Å². The van der Waals surface area contributed by atoms with E-state index < -0.39 is 0 Å². The summed E-state index contributed by atoms with van der Waals surface area (Å²) >= 11 is 4.97. The summed E-state index contributed by atoms with van der Waals surface area (Å²) in [7, 11) is 0. The minimum absolute atomic E-state index is 0.801. The first-order valence-corrected chi connectivity index (χ1v) is 8.02. The third-order valence-corrected chi connectivity index (χ3v) is 4.41. The molecule has 0 atom stereocenters. The molecule has 0 N–H and O–H groups in total. The maximum absolute atomic E-state index is 4.17. The fourth-order valence-electron chi connectivity index (χ4n) is 1.87. The molecular formula is C19H19BrS. The number of hydrogen-bond donors (Lipinski definition) is 0. The maximum atomic E-state index is 4.17. The predicted molar refractivity (Wildman–Crippen MR) is 104 cm³/mol. The molecule has 1 heterocycles. The van der Waals surface area contributed by atoms with Gasteiger partial charge in [-0.2, -0.15) is 0 Å².